The zero-order valence-electron chi connectivity index (χ0n) is 17.2. The van der Waals surface area contributed by atoms with Crippen molar-refractivity contribution in [2.75, 3.05) is 52.9 Å². The van der Waals surface area contributed by atoms with Crippen molar-refractivity contribution >= 4 is 5.91 Å². The second kappa shape index (κ2) is 9.67. The number of hydrogen-bond donors (Lipinski definition) is 1. The van der Waals surface area contributed by atoms with Gasteiger partial charge < -0.3 is 10.2 Å². The highest BCUT2D eigenvalue weighted by molar-refractivity contribution is 5.78. The smallest absolute Gasteiger partial charge is 0.234 e. The summed E-state index contributed by atoms with van der Waals surface area (Å²) in [6.07, 6.45) is 2.62. The number of amides is 1. The van der Waals surface area contributed by atoms with Crippen LogP contribution in [0.3, 0.4) is 0 Å². The lowest BCUT2D eigenvalue weighted by atomic mass is 9.96. The summed E-state index contributed by atoms with van der Waals surface area (Å²) in [4.78, 5) is 20.0. The zero-order valence-corrected chi connectivity index (χ0v) is 17.2. The zero-order chi connectivity index (χ0) is 19.2. The molecule has 1 aromatic carbocycles. The highest BCUT2D eigenvalue weighted by Crippen LogP contribution is 2.21. The molecule has 5 heteroatoms. The minimum Gasteiger partial charge on any atom is -0.348 e. The molecule has 1 aromatic rings. The number of rotatable bonds is 6. The van der Waals surface area contributed by atoms with Gasteiger partial charge in [-0.05, 0) is 37.9 Å². The summed E-state index contributed by atoms with van der Waals surface area (Å²) in [6.45, 7) is 11.4. The van der Waals surface area contributed by atoms with Crippen LogP contribution < -0.4 is 5.32 Å². The van der Waals surface area contributed by atoms with Crippen LogP contribution in [0.15, 0.2) is 30.3 Å². The first-order valence-electron chi connectivity index (χ1n) is 10.5. The maximum Gasteiger partial charge on any atom is 0.234 e. The fourth-order valence-corrected chi connectivity index (χ4v) is 4.44. The predicted octanol–water partition coefficient (Wildman–Crippen LogP) is 2.21. The maximum atomic E-state index is 12.7. The van der Waals surface area contributed by atoms with Crippen molar-refractivity contribution in [2.24, 2.45) is 5.92 Å². The van der Waals surface area contributed by atoms with E-state index < -0.39 is 0 Å². The molecule has 2 heterocycles. The molecule has 0 radical (unpaired) electrons. The van der Waals surface area contributed by atoms with Crippen LogP contribution in [-0.2, 0) is 4.79 Å². The second-order valence-electron chi connectivity index (χ2n) is 8.57. The van der Waals surface area contributed by atoms with Gasteiger partial charge in [0, 0.05) is 38.8 Å². The third-order valence-corrected chi connectivity index (χ3v) is 6.03. The highest BCUT2D eigenvalue weighted by Gasteiger charge is 2.28. The molecule has 2 saturated heterocycles. The monoisotopic (exact) mass is 372 g/mol. The second-order valence-corrected chi connectivity index (χ2v) is 8.57. The molecule has 2 atom stereocenters. The fourth-order valence-electron chi connectivity index (χ4n) is 4.44. The minimum absolute atomic E-state index is 0.0813. The molecular formula is C22H36N4O. The van der Waals surface area contributed by atoms with Gasteiger partial charge in [-0.15, -0.1) is 0 Å². The number of carbonyl (C=O) groups excluding carboxylic acids is 1. The fraction of sp³-hybridized carbons (Fsp3) is 0.682. The Kier molecular flexibility index (Phi) is 7.27. The third kappa shape index (κ3) is 5.77. The lowest BCUT2D eigenvalue weighted by Crippen LogP contribution is -2.55. The quantitative estimate of drug-likeness (QED) is 0.831. The van der Waals surface area contributed by atoms with Gasteiger partial charge in [-0.1, -0.05) is 44.2 Å². The number of benzene rings is 1. The van der Waals surface area contributed by atoms with E-state index in [9.17, 15) is 4.79 Å². The number of likely N-dealkylation sites (N-methyl/N-ethyl adjacent to an activating group) is 1. The van der Waals surface area contributed by atoms with Crippen LogP contribution in [0.1, 0.15) is 38.3 Å². The van der Waals surface area contributed by atoms with Crippen LogP contribution in [0.4, 0.5) is 0 Å². The van der Waals surface area contributed by atoms with Gasteiger partial charge in [-0.3, -0.25) is 14.6 Å². The molecule has 0 spiro atoms. The summed E-state index contributed by atoms with van der Waals surface area (Å²) >= 11 is 0. The normalized spacial score (nSPS) is 24.1. The van der Waals surface area contributed by atoms with E-state index >= 15 is 0 Å². The summed E-state index contributed by atoms with van der Waals surface area (Å²) in [6, 6.07) is 11.1. The summed E-state index contributed by atoms with van der Waals surface area (Å²) in [5.74, 6) is 0.514. The number of piperidine rings is 1. The molecule has 27 heavy (non-hydrogen) atoms. The number of piperazine rings is 1. The molecule has 5 nitrogen and oxygen atoms in total. The predicted molar refractivity (Wildman–Crippen MR) is 111 cm³/mol. The van der Waals surface area contributed by atoms with Crippen molar-refractivity contribution < 1.29 is 4.79 Å². The molecule has 0 bridgehead atoms. The summed E-state index contributed by atoms with van der Waals surface area (Å²) in [5.41, 5.74) is 1.19. The molecule has 0 aromatic heterocycles. The van der Waals surface area contributed by atoms with Crippen molar-refractivity contribution in [3.63, 3.8) is 0 Å². The number of hydrogen-bond acceptors (Lipinski definition) is 4. The molecule has 2 fully saturated rings. The van der Waals surface area contributed by atoms with Gasteiger partial charge >= 0.3 is 0 Å². The number of carbonyl (C=O) groups is 1. The van der Waals surface area contributed by atoms with Crippen LogP contribution in [0.5, 0.6) is 0 Å². The van der Waals surface area contributed by atoms with E-state index in [0.29, 0.717) is 18.5 Å². The lowest BCUT2D eigenvalue weighted by molar-refractivity contribution is -0.123. The molecule has 2 aliphatic rings. The molecule has 0 aliphatic carbocycles. The topological polar surface area (TPSA) is 38.8 Å². The van der Waals surface area contributed by atoms with E-state index in [4.69, 9.17) is 0 Å². The largest absolute Gasteiger partial charge is 0.348 e. The third-order valence-electron chi connectivity index (χ3n) is 6.03. The Morgan fingerprint density at radius 2 is 1.81 bits per heavy atom. The first-order valence-corrected chi connectivity index (χ1v) is 10.5. The lowest BCUT2D eigenvalue weighted by Gasteiger charge is -2.42. The van der Waals surface area contributed by atoms with Crippen molar-refractivity contribution in [3.8, 4) is 0 Å². The van der Waals surface area contributed by atoms with Gasteiger partial charge in [-0.25, -0.2) is 0 Å². The van der Waals surface area contributed by atoms with E-state index in [1.807, 2.05) is 18.2 Å². The minimum atomic E-state index is 0.0813. The number of nitrogens with zero attached hydrogens (tertiary/aromatic N) is 3. The molecule has 1 amide bonds. The van der Waals surface area contributed by atoms with Crippen LogP contribution in [0.25, 0.3) is 0 Å². The molecule has 1 N–H and O–H groups in total. The van der Waals surface area contributed by atoms with Gasteiger partial charge in [0.05, 0.1) is 12.6 Å². The molecule has 150 valence electrons. The van der Waals surface area contributed by atoms with Crippen LogP contribution in [-0.4, -0.2) is 79.5 Å². The van der Waals surface area contributed by atoms with E-state index in [2.05, 4.69) is 53.0 Å². The Morgan fingerprint density at radius 3 is 2.44 bits per heavy atom. The van der Waals surface area contributed by atoms with Crippen LogP contribution in [0, 0.1) is 5.92 Å². The molecule has 2 unspecified atom stereocenters. The maximum absolute atomic E-state index is 12.7. The van der Waals surface area contributed by atoms with E-state index in [1.165, 1.54) is 31.5 Å². The van der Waals surface area contributed by atoms with Crippen molar-refractivity contribution in [2.45, 2.75) is 38.8 Å². The summed E-state index contributed by atoms with van der Waals surface area (Å²) in [5, 5.41) is 3.26. The van der Waals surface area contributed by atoms with Gasteiger partial charge in [0.2, 0.25) is 5.91 Å². The summed E-state index contributed by atoms with van der Waals surface area (Å²) in [7, 11) is 2.23. The van der Waals surface area contributed by atoms with Crippen LogP contribution >= 0.6 is 0 Å². The van der Waals surface area contributed by atoms with E-state index in [-0.39, 0.29) is 11.9 Å². The average molecular weight is 373 g/mol. The van der Waals surface area contributed by atoms with E-state index in [1.54, 1.807) is 0 Å². The van der Waals surface area contributed by atoms with Gasteiger partial charge in [0.1, 0.15) is 0 Å². The Hall–Kier alpha value is -1.43. The van der Waals surface area contributed by atoms with Gasteiger partial charge in [-0.2, -0.15) is 0 Å². The standard InChI is InChI=1S/C22H36N4O/c1-18(2)22(19-8-5-4-6-9-19)23-21(27)17-25-12-14-26(15-13-25)20-10-7-11-24(3)16-20/h4-6,8-9,18,20,22H,7,10-17H2,1-3H3,(H,23,27). The van der Waals surface area contributed by atoms with E-state index in [0.717, 1.165) is 26.2 Å². The van der Waals surface area contributed by atoms with Crippen molar-refractivity contribution in [1.82, 2.24) is 20.0 Å². The molecule has 3 rings (SSSR count). The molecule has 2 aliphatic heterocycles. The Balaban J connectivity index is 1.46. The Labute approximate surface area is 164 Å². The first kappa shape index (κ1) is 20.3. The van der Waals surface area contributed by atoms with Crippen molar-refractivity contribution in [1.29, 1.82) is 0 Å². The highest BCUT2D eigenvalue weighted by atomic mass is 16.2. The number of nitrogens with one attached hydrogen (secondary N) is 1. The Bertz CT molecular complexity index is 583. The first-order chi connectivity index (χ1) is 13.0. The van der Waals surface area contributed by atoms with Crippen LogP contribution in [0.2, 0.25) is 0 Å². The summed E-state index contributed by atoms with van der Waals surface area (Å²) < 4.78 is 0. The Morgan fingerprint density at radius 1 is 1.11 bits per heavy atom. The SMILES string of the molecule is CC(C)C(NC(=O)CN1CCN(C2CCCN(C)C2)CC1)c1ccccc1. The van der Waals surface area contributed by atoms with Gasteiger partial charge in [0.15, 0.2) is 0 Å². The van der Waals surface area contributed by atoms with Gasteiger partial charge in [0.25, 0.3) is 0 Å². The van der Waals surface area contributed by atoms with Crippen molar-refractivity contribution in [3.05, 3.63) is 35.9 Å². The molecule has 0 saturated carbocycles. The average Bonchev–Trinajstić information content (AvgIpc) is 2.67. The molecular weight excluding hydrogens is 336 g/mol. The number of likely N-dealkylation sites (tertiary alicyclic amines) is 1.